The molecular formula is C27H30N6O3S. The highest BCUT2D eigenvalue weighted by Crippen LogP contribution is 2.32. The molecule has 1 aliphatic rings. The monoisotopic (exact) mass is 518 g/mol. The Morgan fingerprint density at radius 1 is 1.05 bits per heavy atom. The van der Waals surface area contributed by atoms with Crippen molar-refractivity contribution in [3.8, 4) is 0 Å². The first-order valence-corrected chi connectivity index (χ1v) is 13.7. The number of likely N-dealkylation sites (tertiary alicyclic amines) is 1. The van der Waals surface area contributed by atoms with Gasteiger partial charge in [0.25, 0.3) is 5.56 Å². The number of anilines is 4. The highest BCUT2D eigenvalue weighted by molar-refractivity contribution is 7.89. The van der Waals surface area contributed by atoms with Crippen LogP contribution in [0.5, 0.6) is 0 Å². The second kappa shape index (κ2) is 9.97. The normalized spacial score (nSPS) is 15.1. The summed E-state index contributed by atoms with van der Waals surface area (Å²) in [6.45, 7) is 3.87. The van der Waals surface area contributed by atoms with Crippen LogP contribution in [-0.2, 0) is 10.0 Å². The number of nitrogens with zero attached hydrogens (tertiary/aromatic N) is 2. The van der Waals surface area contributed by atoms with E-state index in [2.05, 4.69) is 44.7 Å². The van der Waals surface area contributed by atoms with Crippen LogP contribution in [0.15, 0.2) is 70.5 Å². The number of piperidine rings is 1. The lowest BCUT2D eigenvalue weighted by atomic mass is 9.89. The van der Waals surface area contributed by atoms with Crippen molar-refractivity contribution in [3.63, 3.8) is 0 Å². The molecule has 0 aliphatic carbocycles. The molecule has 1 fully saturated rings. The summed E-state index contributed by atoms with van der Waals surface area (Å²) in [7, 11) is -1.82. The highest BCUT2D eigenvalue weighted by atomic mass is 32.2. The van der Waals surface area contributed by atoms with Gasteiger partial charge in [0.15, 0.2) is 0 Å². The Labute approximate surface area is 215 Å². The van der Waals surface area contributed by atoms with Crippen molar-refractivity contribution in [2.24, 2.45) is 5.14 Å². The van der Waals surface area contributed by atoms with Crippen molar-refractivity contribution >= 4 is 43.8 Å². The van der Waals surface area contributed by atoms with E-state index in [1.807, 2.05) is 12.1 Å². The first-order valence-electron chi connectivity index (χ1n) is 12.2. The molecule has 9 nitrogen and oxygen atoms in total. The largest absolute Gasteiger partial charge is 0.339 e. The average Bonchev–Trinajstić information content (AvgIpc) is 2.84. The highest BCUT2D eigenvalue weighted by Gasteiger charge is 2.20. The Morgan fingerprint density at radius 3 is 2.49 bits per heavy atom. The van der Waals surface area contributed by atoms with Gasteiger partial charge in [-0.3, -0.25) is 4.79 Å². The number of hydrogen-bond donors (Lipinski definition) is 4. The molecule has 3 heterocycles. The van der Waals surface area contributed by atoms with E-state index in [4.69, 9.17) is 5.14 Å². The van der Waals surface area contributed by atoms with Crippen LogP contribution >= 0.6 is 0 Å². The molecule has 0 radical (unpaired) electrons. The van der Waals surface area contributed by atoms with Gasteiger partial charge in [-0.15, -0.1) is 0 Å². The zero-order chi connectivity index (χ0) is 26.2. The Balaban J connectivity index is 1.49. The van der Waals surface area contributed by atoms with E-state index < -0.39 is 10.0 Å². The second-order valence-electron chi connectivity index (χ2n) is 9.57. The van der Waals surface area contributed by atoms with Crippen molar-refractivity contribution in [1.29, 1.82) is 0 Å². The van der Waals surface area contributed by atoms with Crippen molar-refractivity contribution in [3.05, 3.63) is 82.3 Å². The second-order valence-corrected chi connectivity index (χ2v) is 11.1. The third-order valence-electron chi connectivity index (χ3n) is 6.88. The molecule has 0 unspecified atom stereocenters. The lowest BCUT2D eigenvalue weighted by Crippen LogP contribution is -2.29. The molecular weight excluding hydrogens is 488 g/mol. The van der Waals surface area contributed by atoms with Crippen LogP contribution in [0.1, 0.15) is 29.9 Å². The van der Waals surface area contributed by atoms with Gasteiger partial charge >= 0.3 is 0 Å². The number of aromatic nitrogens is 2. The van der Waals surface area contributed by atoms with Gasteiger partial charge in [-0.25, -0.2) is 18.5 Å². The molecule has 0 spiro atoms. The maximum Gasteiger partial charge on any atom is 0.259 e. The topological polar surface area (TPSA) is 133 Å². The Kier molecular flexibility index (Phi) is 6.72. The standard InChI is InChI=1S/C27H30N6O3S/c1-17-4-3-5-22(25(17)37(28,35)36)31-23-16-20-10-13-29-27(34)24(20)26(32-23)30-21-8-6-18(7-9-21)19-11-14-33(2)15-12-19/h3-10,13,16,19H,11-12,14-15H2,1-2H3,(H,29,34)(H2,28,35,36)(H2,30,31,32). The summed E-state index contributed by atoms with van der Waals surface area (Å²) in [5.74, 6) is 1.28. The Bertz CT molecular complexity index is 1610. The maximum atomic E-state index is 12.7. The van der Waals surface area contributed by atoms with E-state index in [1.54, 1.807) is 43.5 Å². The van der Waals surface area contributed by atoms with Crippen LogP contribution < -0.4 is 21.3 Å². The fourth-order valence-electron chi connectivity index (χ4n) is 4.95. The van der Waals surface area contributed by atoms with Crippen LogP contribution in [-0.4, -0.2) is 43.4 Å². The van der Waals surface area contributed by atoms with Crippen LogP contribution in [0.25, 0.3) is 10.8 Å². The van der Waals surface area contributed by atoms with Crippen LogP contribution in [0, 0.1) is 6.92 Å². The van der Waals surface area contributed by atoms with Gasteiger partial charge in [-0.2, -0.15) is 0 Å². The molecule has 5 rings (SSSR count). The first kappa shape index (κ1) is 24.9. The molecule has 192 valence electrons. The third kappa shape index (κ3) is 5.36. The first-order chi connectivity index (χ1) is 17.7. The zero-order valence-corrected chi connectivity index (χ0v) is 21.6. The summed E-state index contributed by atoms with van der Waals surface area (Å²) in [5, 5.41) is 12.9. The molecule has 5 N–H and O–H groups in total. The molecule has 0 amide bonds. The summed E-state index contributed by atoms with van der Waals surface area (Å²) in [4.78, 5) is 22.4. The lowest BCUT2D eigenvalue weighted by Gasteiger charge is -2.29. The number of aromatic amines is 1. The quantitative estimate of drug-likeness (QED) is 0.301. The van der Waals surface area contributed by atoms with Gasteiger partial charge in [0, 0.05) is 11.9 Å². The van der Waals surface area contributed by atoms with E-state index in [9.17, 15) is 13.2 Å². The molecule has 37 heavy (non-hydrogen) atoms. The molecule has 1 aliphatic heterocycles. The molecule has 10 heteroatoms. The van der Waals surface area contributed by atoms with Gasteiger partial charge in [-0.1, -0.05) is 24.3 Å². The number of sulfonamides is 1. The number of pyridine rings is 2. The molecule has 0 atom stereocenters. The number of benzene rings is 2. The number of fused-ring (bicyclic) bond motifs is 1. The number of nitrogens with one attached hydrogen (secondary N) is 3. The minimum absolute atomic E-state index is 0.00168. The summed E-state index contributed by atoms with van der Waals surface area (Å²) < 4.78 is 24.5. The summed E-state index contributed by atoms with van der Waals surface area (Å²) in [6.07, 6.45) is 3.84. The van der Waals surface area contributed by atoms with E-state index >= 15 is 0 Å². The van der Waals surface area contributed by atoms with Gasteiger partial charge in [0.05, 0.1) is 11.1 Å². The van der Waals surface area contributed by atoms with Crippen molar-refractivity contribution in [2.75, 3.05) is 30.8 Å². The Morgan fingerprint density at radius 2 is 1.78 bits per heavy atom. The number of aryl methyl sites for hydroxylation is 1. The van der Waals surface area contributed by atoms with Crippen LogP contribution in [0.2, 0.25) is 0 Å². The van der Waals surface area contributed by atoms with Gasteiger partial charge in [0.2, 0.25) is 10.0 Å². The summed E-state index contributed by atoms with van der Waals surface area (Å²) in [6, 6.07) is 16.8. The van der Waals surface area contributed by atoms with Crippen molar-refractivity contribution in [1.82, 2.24) is 14.9 Å². The van der Waals surface area contributed by atoms with E-state index in [0.717, 1.165) is 31.6 Å². The van der Waals surface area contributed by atoms with E-state index in [1.165, 1.54) is 5.56 Å². The smallest absolute Gasteiger partial charge is 0.259 e. The minimum Gasteiger partial charge on any atom is -0.339 e. The number of H-pyrrole nitrogens is 1. The SMILES string of the molecule is Cc1cccc(Nc2cc3cc[nH]c(=O)c3c(Nc3ccc(C4CCN(C)CC4)cc3)n2)c1S(N)(=O)=O. The van der Waals surface area contributed by atoms with Crippen molar-refractivity contribution < 1.29 is 8.42 Å². The number of hydrogen-bond acceptors (Lipinski definition) is 7. The summed E-state index contributed by atoms with van der Waals surface area (Å²) >= 11 is 0. The fourth-order valence-corrected chi connectivity index (χ4v) is 5.89. The van der Waals surface area contributed by atoms with Crippen molar-refractivity contribution in [2.45, 2.75) is 30.6 Å². The molecule has 0 saturated carbocycles. The minimum atomic E-state index is -3.97. The lowest BCUT2D eigenvalue weighted by molar-refractivity contribution is 0.255. The molecule has 0 bridgehead atoms. The summed E-state index contributed by atoms with van der Waals surface area (Å²) in [5.41, 5.74) is 2.66. The predicted octanol–water partition coefficient (Wildman–Crippen LogP) is 4.18. The van der Waals surface area contributed by atoms with E-state index in [0.29, 0.717) is 39.6 Å². The number of rotatable bonds is 6. The zero-order valence-electron chi connectivity index (χ0n) is 20.8. The van der Waals surface area contributed by atoms with Gasteiger partial charge < -0.3 is 20.5 Å². The Hall–Kier alpha value is -3.73. The fraction of sp³-hybridized carbons (Fsp3) is 0.259. The van der Waals surface area contributed by atoms with Crippen LogP contribution in [0.3, 0.4) is 0 Å². The number of primary sulfonamides is 1. The van der Waals surface area contributed by atoms with Gasteiger partial charge in [-0.05, 0) is 92.7 Å². The molecule has 2 aromatic carbocycles. The maximum absolute atomic E-state index is 12.7. The third-order valence-corrected chi connectivity index (χ3v) is 7.99. The predicted molar refractivity (Wildman–Crippen MR) is 147 cm³/mol. The van der Waals surface area contributed by atoms with Crippen LogP contribution in [0.4, 0.5) is 23.0 Å². The van der Waals surface area contributed by atoms with Gasteiger partial charge in [0.1, 0.15) is 16.5 Å². The molecule has 1 saturated heterocycles. The average molecular weight is 519 g/mol. The number of nitrogens with two attached hydrogens (primary N) is 1. The van der Waals surface area contributed by atoms with E-state index in [-0.39, 0.29) is 10.5 Å². The molecule has 2 aromatic heterocycles. The molecule has 4 aromatic rings.